The summed E-state index contributed by atoms with van der Waals surface area (Å²) in [6, 6.07) is 11.0. The summed E-state index contributed by atoms with van der Waals surface area (Å²) in [5.41, 5.74) is 1.08. The highest BCUT2D eigenvalue weighted by molar-refractivity contribution is 7.90. The van der Waals surface area contributed by atoms with E-state index in [1.54, 1.807) is 30.3 Å². The van der Waals surface area contributed by atoms with Crippen LogP contribution in [0.3, 0.4) is 0 Å². The maximum absolute atomic E-state index is 11.4. The molecule has 2 aromatic rings. The van der Waals surface area contributed by atoms with E-state index < -0.39 is 15.9 Å². The number of aliphatic hydroxyl groups excluding tert-OH is 1. The third-order valence-corrected chi connectivity index (χ3v) is 4.47. The summed E-state index contributed by atoms with van der Waals surface area (Å²) in [6.45, 7) is 0. The summed E-state index contributed by atoms with van der Waals surface area (Å²) >= 11 is 5.94. The zero-order valence-electron chi connectivity index (χ0n) is 11.6. The lowest BCUT2D eigenvalue weighted by molar-refractivity contribution is 0.214. The van der Waals surface area contributed by atoms with Crippen LogP contribution in [0.15, 0.2) is 47.4 Å². The summed E-state index contributed by atoms with van der Waals surface area (Å²) < 4.78 is 28.1. The van der Waals surface area contributed by atoms with Crippen molar-refractivity contribution in [1.82, 2.24) is 0 Å². The molecule has 0 saturated carbocycles. The van der Waals surface area contributed by atoms with Crippen molar-refractivity contribution < 1.29 is 18.3 Å². The highest BCUT2D eigenvalue weighted by atomic mass is 35.5. The summed E-state index contributed by atoms with van der Waals surface area (Å²) in [6.07, 6.45) is 0.186. The van der Waals surface area contributed by atoms with E-state index in [0.717, 1.165) is 6.26 Å². The Balaban J connectivity index is 2.40. The van der Waals surface area contributed by atoms with Gasteiger partial charge < -0.3 is 9.84 Å². The van der Waals surface area contributed by atoms with Gasteiger partial charge in [-0.3, -0.25) is 0 Å². The Hall–Kier alpha value is -1.56. The van der Waals surface area contributed by atoms with Gasteiger partial charge in [0.25, 0.3) is 0 Å². The Labute approximate surface area is 128 Å². The van der Waals surface area contributed by atoms with Crippen LogP contribution in [0.1, 0.15) is 17.2 Å². The largest absolute Gasteiger partial charge is 0.496 e. The summed E-state index contributed by atoms with van der Waals surface area (Å²) in [4.78, 5) is 0.205. The van der Waals surface area contributed by atoms with E-state index in [2.05, 4.69) is 0 Å². The number of hydrogen-bond donors (Lipinski definition) is 1. The predicted octanol–water partition coefficient (Wildman–Crippen LogP) is 2.83. The predicted molar refractivity (Wildman–Crippen MR) is 81.6 cm³/mol. The maximum atomic E-state index is 11.4. The van der Waals surface area contributed by atoms with Crippen LogP contribution in [-0.4, -0.2) is 26.9 Å². The first-order chi connectivity index (χ1) is 9.82. The number of benzene rings is 2. The van der Waals surface area contributed by atoms with Crippen LogP contribution in [-0.2, 0) is 9.84 Å². The summed E-state index contributed by atoms with van der Waals surface area (Å²) in [5.74, 6) is 0.513. The second-order valence-electron chi connectivity index (χ2n) is 4.63. The SMILES string of the molecule is COc1ccc(Cl)cc1C(O)c1ccc(S(C)(=O)=O)cc1. The quantitative estimate of drug-likeness (QED) is 0.938. The Morgan fingerprint density at radius 3 is 2.29 bits per heavy atom. The molecule has 0 aliphatic heterocycles. The fourth-order valence-electron chi connectivity index (χ4n) is 2.00. The molecule has 1 N–H and O–H groups in total. The van der Waals surface area contributed by atoms with Gasteiger partial charge in [-0.05, 0) is 35.9 Å². The molecule has 0 amide bonds. The van der Waals surface area contributed by atoms with Crippen LogP contribution in [0.25, 0.3) is 0 Å². The minimum absolute atomic E-state index is 0.205. The molecular formula is C15H15ClO4S. The van der Waals surface area contributed by atoms with E-state index in [-0.39, 0.29) is 4.90 Å². The third-order valence-electron chi connectivity index (χ3n) is 3.11. The average molecular weight is 327 g/mol. The number of methoxy groups -OCH3 is 1. The lowest BCUT2D eigenvalue weighted by atomic mass is 10.0. The van der Waals surface area contributed by atoms with Crippen LogP contribution in [0, 0.1) is 0 Å². The molecule has 0 bridgehead atoms. The van der Waals surface area contributed by atoms with Crippen molar-refractivity contribution in [2.45, 2.75) is 11.0 Å². The monoisotopic (exact) mass is 326 g/mol. The molecular weight excluding hydrogens is 312 g/mol. The van der Waals surface area contributed by atoms with Crippen molar-refractivity contribution in [1.29, 1.82) is 0 Å². The van der Waals surface area contributed by atoms with E-state index in [4.69, 9.17) is 16.3 Å². The first-order valence-electron chi connectivity index (χ1n) is 6.14. The topological polar surface area (TPSA) is 63.6 Å². The normalized spacial score (nSPS) is 13.0. The molecule has 0 spiro atoms. The highest BCUT2D eigenvalue weighted by Crippen LogP contribution is 2.32. The van der Waals surface area contributed by atoms with Crippen molar-refractivity contribution in [3.63, 3.8) is 0 Å². The van der Waals surface area contributed by atoms with E-state index >= 15 is 0 Å². The molecule has 4 nitrogen and oxygen atoms in total. The lowest BCUT2D eigenvalue weighted by Crippen LogP contribution is -2.03. The van der Waals surface area contributed by atoms with Gasteiger partial charge in [0.05, 0.1) is 12.0 Å². The molecule has 0 radical (unpaired) electrons. The molecule has 0 saturated heterocycles. The Morgan fingerprint density at radius 2 is 1.76 bits per heavy atom. The number of hydrogen-bond acceptors (Lipinski definition) is 4. The molecule has 0 aliphatic rings. The molecule has 1 atom stereocenters. The van der Waals surface area contributed by atoms with Crippen molar-refractivity contribution in [2.75, 3.05) is 13.4 Å². The van der Waals surface area contributed by atoms with E-state index in [9.17, 15) is 13.5 Å². The van der Waals surface area contributed by atoms with Gasteiger partial charge in [-0.2, -0.15) is 0 Å². The van der Waals surface area contributed by atoms with Crippen molar-refractivity contribution >= 4 is 21.4 Å². The van der Waals surface area contributed by atoms with Gasteiger partial charge in [-0.25, -0.2) is 8.42 Å². The van der Waals surface area contributed by atoms with Crippen molar-refractivity contribution in [3.8, 4) is 5.75 Å². The molecule has 0 heterocycles. The van der Waals surface area contributed by atoms with Crippen LogP contribution in [0.5, 0.6) is 5.75 Å². The van der Waals surface area contributed by atoms with E-state index in [1.807, 2.05) is 0 Å². The van der Waals surface area contributed by atoms with Crippen LogP contribution in [0.4, 0.5) is 0 Å². The number of sulfone groups is 1. The second kappa shape index (κ2) is 6.05. The van der Waals surface area contributed by atoms with Gasteiger partial charge in [0.1, 0.15) is 11.9 Å². The molecule has 21 heavy (non-hydrogen) atoms. The molecule has 2 rings (SSSR count). The number of rotatable bonds is 4. The number of halogens is 1. The Kier molecular flexibility index (Phi) is 4.56. The van der Waals surface area contributed by atoms with Crippen molar-refractivity contribution in [2.24, 2.45) is 0 Å². The smallest absolute Gasteiger partial charge is 0.175 e. The fraction of sp³-hybridized carbons (Fsp3) is 0.200. The zero-order chi connectivity index (χ0) is 15.6. The van der Waals surface area contributed by atoms with Crippen LogP contribution in [0.2, 0.25) is 5.02 Å². The molecule has 1 unspecified atom stereocenters. The standard InChI is InChI=1S/C15H15ClO4S/c1-20-14-8-5-11(16)9-13(14)15(17)10-3-6-12(7-4-10)21(2,18)19/h3-9,15,17H,1-2H3. The molecule has 2 aromatic carbocycles. The van der Waals surface area contributed by atoms with Gasteiger partial charge in [-0.15, -0.1) is 0 Å². The Morgan fingerprint density at radius 1 is 1.14 bits per heavy atom. The second-order valence-corrected chi connectivity index (χ2v) is 7.08. The molecule has 0 aromatic heterocycles. The van der Waals surface area contributed by atoms with Gasteiger partial charge in [0.2, 0.25) is 0 Å². The summed E-state index contributed by atoms with van der Waals surface area (Å²) in [5, 5.41) is 10.9. The van der Waals surface area contributed by atoms with Gasteiger partial charge >= 0.3 is 0 Å². The maximum Gasteiger partial charge on any atom is 0.175 e. The van der Waals surface area contributed by atoms with E-state index in [1.165, 1.54) is 19.2 Å². The van der Waals surface area contributed by atoms with Crippen LogP contribution >= 0.6 is 11.6 Å². The van der Waals surface area contributed by atoms with E-state index in [0.29, 0.717) is 21.9 Å². The molecule has 6 heteroatoms. The minimum atomic E-state index is -3.26. The van der Waals surface area contributed by atoms with Crippen molar-refractivity contribution in [3.05, 3.63) is 58.6 Å². The van der Waals surface area contributed by atoms with Gasteiger partial charge in [0, 0.05) is 16.8 Å². The summed E-state index contributed by atoms with van der Waals surface area (Å²) in [7, 11) is -1.75. The molecule has 0 aliphatic carbocycles. The van der Waals surface area contributed by atoms with Crippen LogP contribution < -0.4 is 4.74 Å². The molecule has 0 fully saturated rings. The van der Waals surface area contributed by atoms with Gasteiger partial charge in [0.15, 0.2) is 9.84 Å². The highest BCUT2D eigenvalue weighted by Gasteiger charge is 2.17. The Bertz CT molecular complexity index is 739. The third kappa shape index (κ3) is 3.56. The number of aliphatic hydroxyl groups is 1. The molecule has 112 valence electrons. The van der Waals surface area contributed by atoms with Gasteiger partial charge in [-0.1, -0.05) is 23.7 Å². The zero-order valence-corrected chi connectivity index (χ0v) is 13.1. The number of ether oxygens (including phenoxy) is 1. The first-order valence-corrected chi connectivity index (χ1v) is 8.41. The minimum Gasteiger partial charge on any atom is -0.496 e. The lowest BCUT2D eigenvalue weighted by Gasteiger charge is -2.16. The fourth-order valence-corrected chi connectivity index (χ4v) is 2.81. The average Bonchev–Trinajstić information content (AvgIpc) is 2.45. The first kappa shape index (κ1) is 15.8.